The molecule has 0 aromatic rings. The van der Waals surface area contributed by atoms with Gasteiger partial charge in [0, 0.05) is 12.5 Å². The van der Waals surface area contributed by atoms with E-state index in [-0.39, 0.29) is 18.3 Å². The van der Waals surface area contributed by atoms with Gasteiger partial charge in [0.15, 0.2) is 0 Å². The molecule has 2 saturated heterocycles. The fourth-order valence-corrected chi connectivity index (χ4v) is 2.92. The van der Waals surface area contributed by atoms with Crippen LogP contribution in [0.5, 0.6) is 0 Å². The maximum Gasteiger partial charge on any atom is 0.112 e. The molecule has 0 spiro atoms. The Morgan fingerprint density at radius 1 is 0.944 bits per heavy atom. The average Bonchev–Trinajstić information content (AvgIpc) is 2.93. The van der Waals surface area contributed by atoms with Crippen molar-refractivity contribution in [2.45, 2.75) is 70.7 Å². The van der Waals surface area contributed by atoms with E-state index in [1.807, 2.05) is 0 Å². The van der Waals surface area contributed by atoms with Gasteiger partial charge in [0.2, 0.25) is 0 Å². The molecule has 2 rings (SSSR count). The molecule has 2 aliphatic rings. The van der Waals surface area contributed by atoms with E-state index in [0.717, 1.165) is 19.8 Å². The molecule has 0 aromatic heterocycles. The lowest BCUT2D eigenvalue weighted by Crippen LogP contribution is -2.31. The lowest BCUT2D eigenvalue weighted by atomic mass is 10.0. The molecule has 0 amide bonds. The smallest absolute Gasteiger partial charge is 0.112 e. The summed E-state index contributed by atoms with van der Waals surface area (Å²) in [5.41, 5.74) is 0. The largest absolute Gasteiger partial charge is 0.373 e. The zero-order valence-corrected chi connectivity index (χ0v) is 11.9. The van der Waals surface area contributed by atoms with Crippen LogP contribution in [0.25, 0.3) is 0 Å². The van der Waals surface area contributed by atoms with E-state index in [1.54, 1.807) is 0 Å². The average molecular weight is 256 g/mol. The van der Waals surface area contributed by atoms with Crippen molar-refractivity contribution in [1.29, 1.82) is 0 Å². The molecule has 2 heterocycles. The van der Waals surface area contributed by atoms with Gasteiger partial charge in [-0.15, -0.1) is 0 Å². The van der Waals surface area contributed by atoms with Crippen LogP contribution >= 0.6 is 0 Å². The third kappa shape index (κ3) is 3.69. The zero-order chi connectivity index (χ0) is 12.8. The Morgan fingerprint density at radius 3 is 2.50 bits per heavy atom. The fourth-order valence-electron chi connectivity index (χ4n) is 2.92. The third-order valence-electron chi connectivity index (χ3n) is 4.09. The van der Waals surface area contributed by atoms with Crippen molar-refractivity contribution in [3.8, 4) is 0 Å². The highest BCUT2D eigenvalue weighted by Gasteiger charge is 2.46. The molecule has 0 unspecified atom stereocenters. The molecule has 3 heteroatoms. The second kappa shape index (κ2) is 7.46. The number of rotatable bonds is 8. The Kier molecular flexibility index (Phi) is 5.93. The normalized spacial score (nSPS) is 35.0. The lowest BCUT2D eigenvalue weighted by molar-refractivity contribution is -0.0331. The van der Waals surface area contributed by atoms with Gasteiger partial charge in [0.05, 0.1) is 19.3 Å². The minimum absolute atomic E-state index is 0.176. The van der Waals surface area contributed by atoms with Crippen LogP contribution in [0.4, 0.5) is 0 Å². The second-order valence-corrected chi connectivity index (χ2v) is 5.75. The molecule has 106 valence electrons. The zero-order valence-electron chi connectivity index (χ0n) is 11.9. The van der Waals surface area contributed by atoms with E-state index < -0.39 is 0 Å². The Bertz CT molecular complexity index is 232. The summed E-state index contributed by atoms with van der Waals surface area (Å²) in [4.78, 5) is 0. The van der Waals surface area contributed by atoms with Crippen molar-refractivity contribution >= 4 is 0 Å². The highest BCUT2D eigenvalue weighted by Crippen LogP contribution is 2.32. The molecule has 3 nitrogen and oxygen atoms in total. The van der Waals surface area contributed by atoms with E-state index >= 15 is 0 Å². The van der Waals surface area contributed by atoms with Crippen LogP contribution in [-0.4, -0.2) is 38.1 Å². The van der Waals surface area contributed by atoms with Gasteiger partial charge >= 0.3 is 0 Å². The molecule has 2 aliphatic heterocycles. The van der Waals surface area contributed by atoms with E-state index in [0.29, 0.717) is 5.92 Å². The number of ether oxygens (including phenoxy) is 3. The molecule has 0 bridgehead atoms. The van der Waals surface area contributed by atoms with Crippen LogP contribution < -0.4 is 0 Å². The number of fused-ring (bicyclic) bond motifs is 1. The maximum atomic E-state index is 5.92. The summed E-state index contributed by atoms with van der Waals surface area (Å²) in [6, 6.07) is 0. The van der Waals surface area contributed by atoms with Gasteiger partial charge in [0.25, 0.3) is 0 Å². The summed E-state index contributed by atoms with van der Waals surface area (Å²) in [6.07, 6.45) is 8.51. The van der Waals surface area contributed by atoms with E-state index in [9.17, 15) is 0 Å². The summed E-state index contributed by atoms with van der Waals surface area (Å²) < 4.78 is 17.4. The minimum atomic E-state index is 0.176. The van der Waals surface area contributed by atoms with Gasteiger partial charge < -0.3 is 14.2 Å². The minimum Gasteiger partial charge on any atom is -0.373 e. The van der Waals surface area contributed by atoms with Crippen LogP contribution in [0.2, 0.25) is 0 Å². The van der Waals surface area contributed by atoms with Gasteiger partial charge in [-0.3, -0.25) is 0 Å². The van der Waals surface area contributed by atoms with Gasteiger partial charge in [-0.25, -0.2) is 0 Å². The Hall–Kier alpha value is -0.120. The summed E-state index contributed by atoms with van der Waals surface area (Å²) in [5.74, 6) is 0.526. The number of hydrogen-bond donors (Lipinski definition) is 0. The molecule has 0 radical (unpaired) electrons. The predicted octanol–water partition coefficient (Wildman–Crippen LogP) is 3.17. The first-order valence-corrected chi connectivity index (χ1v) is 7.67. The third-order valence-corrected chi connectivity index (χ3v) is 4.09. The first kappa shape index (κ1) is 14.3. The molecular weight excluding hydrogens is 228 g/mol. The lowest BCUT2D eigenvalue weighted by Gasteiger charge is -2.16. The van der Waals surface area contributed by atoms with Crippen LogP contribution in [0, 0.1) is 5.92 Å². The van der Waals surface area contributed by atoms with Crippen molar-refractivity contribution in [2.24, 2.45) is 5.92 Å². The van der Waals surface area contributed by atoms with Crippen molar-refractivity contribution in [2.75, 3.05) is 19.8 Å². The summed E-state index contributed by atoms with van der Waals surface area (Å²) in [5, 5.41) is 0. The number of hydrogen-bond acceptors (Lipinski definition) is 3. The highest BCUT2D eigenvalue weighted by atomic mass is 16.6. The SMILES string of the molecule is CCCCCCCCO[C@@H]1CO[C@H]2[C@@H]1OC[C@H]2C. The van der Waals surface area contributed by atoms with Gasteiger partial charge in [0.1, 0.15) is 12.2 Å². The van der Waals surface area contributed by atoms with Crippen molar-refractivity contribution < 1.29 is 14.2 Å². The second-order valence-electron chi connectivity index (χ2n) is 5.75. The molecule has 2 fully saturated rings. The first-order valence-electron chi connectivity index (χ1n) is 7.67. The fraction of sp³-hybridized carbons (Fsp3) is 1.00. The summed E-state index contributed by atoms with van der Waals surface area (Å²) in [6.45, 7) is 6.85. The summed E-state index contributed by atoms with van der Waals surface area (Å²) in [7, 11) is 0. The van der Waals surface area contributed by atoms with Crippen LogP contribution in [-0.2, 0) is 14.2 Å². The molecular formula is C15H28O3. The van der Waals surface area contributed by atoms with Gasteiger partial charge in [-0.2, -0.15) is 0 Å². The van der Waals surface area contributed by atoms with E-state index in [4.69, 9.17) is 14.2 Å². The maximum absolute atomic E-state index is 5.92. The van der Waals surface area contributed by atoms with Crippen LogP contribution in [0.1, 0.15) is 52.4 Å². The quantitative estimate of drug-likeness (QED) is 0.624. The van der Waals surface area contributed by atoms with Crippen molar-refractivity contribution in [3.63, 3.8) is 0 Å². The van der Waals surface area contributed by atoms with E-state index in [2.05, 4.69) is 13.8 Å². The van der Waals surface area contributed by atoms with Gasteiger partial charge in [-0.05, 0) is 6.42 Å². The molecule has 18 heavy (non-hydrogen) atoms. The predicted molar refractivity (Wildman–Crippen MR) is 71.8 cm³/mol. The Balaban J connectivity index is 1.52. The highest BCUT2D eigenvalue weighted by molar-refractivity contribution is 4.93. The summed E-state index contributed by atoms with van der Waals surface area (Å²) >= 11 is 0. The topological polar surface area (TPSA) is 27.7 Å². The molecule has 0 aliphatic carbocycles. The molecule has 0 N–H and O–H groups in total. The number of unbranched alkanes of at least 4 members (excludes halogenated alkanes) is 5. The van der Waals surface area contributed by atoms with Crippen molar-refractivity contribution in [1.82, 2.24) is 0 Å². The van der Waals surface area contributed by atoms with Crippen molar-refractivity contribution in [3.05, 3.63) is 0 Å². The Labute approximate surface area is 111 Å². The Morgan fingerprint density at radius 2 is 1.67 bits per heavy atom. The van der Waals surface area contributed by atoms with Crippen LogP contribution in [0.15, 0.2) is 0 Å². The molecule has 4 atom stereocenters. The first-order chi connectivity index (χ1) is 8.83. The molecule has 0 aromatic carbocycles. The van der Waals surface area contributed by atoms with Crippen LogP contribution in [0.3, 0.4) is 0 Å². The van der Waals surface area contributed by atoms with E-state index in [1.165, 1.54) is 38.5 Å². The molecule has 0 saturated carbocycles. The standard InChI is InChI=1S/C15H28O3/c1-3-4-5-6-7-8-9-16-13-11-18-14-12(2)10-17-15(13)14/h12-15H,3-11H2,1-2H3/t12-,13-,14-,15-/m1/s1. The monoisotopic (exact) mass is 256 g/mol. The van der Waals surface area contributed by atoms with Gasteiger partial charge in [-0.1, -0.05) is 46.0 Å².